The summed E-state index contributed by atoms with van der Waals surface area (Å²) in [7, 11) is 0. The van der Waals surface area contributed by atoms with Crippen molar-refractivity contribution in [3.8, 4) is 0 Å². The molecule has 1 N–H and O–H groups in total. The van der Waals surface area contributed by atoms with Crippen LogP contribution in [0.3, 0.4) is 0 Å². The van der Waals surface area contributed by atoms with E-state index in [0.29, 0.717) is 18.5 Å². The number of nitrogens with one attached hydrogen (secondary N) is 1. The average Bonchev–Trinajstić information content (AvgIpc) is 3.34. The third-order valence-electron chi connectivity index (χ3n) is 5.26. The predicted octanol–water partition coefficient (Wildman–Crippen LogP) is 2.62. The normalized spacial score (nSPS) is 19.4. The summed E-state index contributed by atoms with van der Waals surface area (Å²) >= 11 is 0. The summed E-state index contributed by atoms with van der Waals surface area (Å²) in [6, 6.07) is 13.0. The van der Waals surface area contributed by atoms with Crippen LogP contribution in [0.5, 0.6) is 0 Å². The van der Waals surface area contributed by atoms with Crippen LogP contribution in [0, 0.1) is 19.8 Å². The molecule has 0 spiro atoms. The maximum absolute atomic E-state index is 12.5. The first-order valence-electron chi connectivity index (χ1n) is 9.19. The van der Waals surface area contributed by atoms with Gasteiger partial charge < -0.3 is 5.32 Å². The minimum absolute atomic E-state index is 0.132. The summed E-state index contributed by atoms with van der Waals surface area (Å²) in [5, 5.41) is 7.82. The Labute approximate surface area is 149 Å². The number of likely N-dealkylation sites (tertiary alicyclic amines) is 1. The van der Waals surface area contributed by atoms with E-state index in [1.165, 1.54) is 24.1 Å². The molecular weight excluding hydrogens is 312 g/mol. The van der Waals surface area contributed by atoms with Crippen LogP contribution in [0.25, 0.3) is 0 Å². The van der Waals surface area contributed by atoms with Gasteiger partial charge in [0, 0.05) is 18.8 Å². The molecule has 2 aromatic rings. The lowest BCUT2D eigenvalue weighted by Crippen LogP contribution is -2.52. The van der Waals surface area contributed by atoms with E-state index in [0.717, 1.165) is 18.8 Å². The Morgan fingerprint density at radius 3 is 2.56 bits per heavy atom. The van der Waals surface area contributed by atoms with Crippen LogP contribution in [0.1, 0.15) is 41.9 Å². The van der Waals surface area contributed by atoms with Crippen LogP contribution in [-0.2, 0) is 4.79 Å². The molecule has 1 aliphatic heterocycles. The molecule has 1 saturated carbocycles. The molecule has 2 fully saturated rings. The van der Waals surface area contributed by atoms with Crippen molar-refractivity contribution in [2.45, 2.75) is 38.8 Å². The second-order valence-electron chi connectivity index (χ2n) is 7.51. The van der Waals surface area contributed by atoms with Crippen molar-refractivity contribution in [1.29, 1.82) is 0 Å². The summed E-state index contributed by atoms with van der Waals surface area (Å²) in [4.78, 5) is 14.7. The van der Waals surface area contributed by atoms with Gasteiger partial charge in [-0.25, -0.2) is 0 Å². The van der Waals surface area contributed by atoms with Gasteiger partial charge in [-0.05, 0) is 44.2 Å². The maximum atomic E-state index is 12.5. The summed E-state index contributed by atoms with van der Waals surface area (Å²) in [5.74, 6) is 0.734. The highest BCUT2D eigenvalue weighted by Gasteiger charge is 2.35. The molecule has 5 heteroatoms. The fraction of sp³-hybridized carbons (Fsp3) is 0.500. The number of nitrogens with zero attached hydrogens (tertiary/aromatic N) is 3. The predicted molar refractivity (Wildman–Crippen MR) is 97.2 cm³/mol. The van der Waals surface area contributed by atoms with E-state index in [1.807, 2.05) is 25.1 Å². The van der Waals surface area contributed by atoms with E-state index >= 15 is 0 Å². The van der Waals surface area contributed by atoms with Crippen molar-refractivity contribution in [3.05, 3.63) is 53.3 Å². The molecule has 0 radical (unpaired) electrons. The summed E-state index contributed by atoms with van der Waals surface area (Å²) < 4.78 is 2.10. The van der Waals surface area contributed by atoms with Gasteiger partial charge in [-0.1, -0.05) is 30.3 Å². The largest absolute Gasteiger partial charge is 0.348 e. The lowest BCUT2D eigenvalue weighted by molar-refractivity contribution is -0.124. The second kappa shape index (κ2) is 6.64. The third kappa shape index (κ3) is 3.61. The summed E-state index contributed by atoms with van der Waals surface area (Å²) in [6.07, 6.45) is 2.42. The number of carbonyl (C=O) groups is 1. The Morgan fingerprint density at radius 2 is 1.96 bits per heavy atom. The molecular formula is C20H26N4O. The lowest BCUT2D eigenvalue weighted by atomic mass is 10.0. The molecule has 1 aromatic heterocycles. The first-order valence-corrected chi connectivity index (χ1v) is 9.19. The highest BCUT2D eigenvalue weighted by atomic mass is 16.2. The number of rotatable bonds is 6. The van der Waals surface area contributed by atoms with Crippen molar-refractivity contribution >= 4 is 5.91 Å². The number of amides is 1. The van der Waals surface area contributed by atoms with E-state index in [9.17, 15) is 4.79 Å². The number of aromatic nitrogens is 2. The van der Waals surface area contributed by atoms with Gasteiger partial charge in [0.15, 0.2) is 0 Å². The molecule has 0 unspecified atom stereocenters. The zero-order valence-corrected chi connectivity index (χ0v) is 15.0. The molecule has 132 valence electrons. The Hall–Kier alpha value is -2.14. The first-order chi connectivity index (χ1) is 12.1. The van der Waals surface area contributed by atoms with Gasteiger partial charge in [0.1, 0.15) is 0 Å². The third-order valence-corrected chi connectivity index (χ3v) is 5.26. The number of hydrogen-bond acceptors (Lipinski definition) is 3. The SMILES string of the molecule is Cc1cc(C)n(C2CN(CC(=O)N[C@H](c3ccccc3)C3CC3)C2)n1. The summed E-state index contributed by atoms with van der Waals surface area (Å²) in [6.45, 7) is 6.39. The number of hydrogen-bond donors (Lipinski definition) is 1. The van der Waals surface area contributed by atoms with Crippen molar-refractivity contribution < 1.29 is 4.79 Å². The fourth-order valence-electron chi connectivity index (χ4n) is 3.83. The standard InChI is InChI=1S/C20H26N4O/c1-14-10-15(2)24(22-14)18-11-23(12-18)13-19(25)21-20(17-8-9-17)16-6-4-3-5-7-16/h3-7,10,17-18,20H,8-9,11-13H2,1-2H3,(H,21,25)/t20-/m1/s1. The Morgan fingerprint density at radius 1 is 1.24 bits per heavy atom. The lowest BCUT2D eigenvalue weighted by Gasteiger charge is -2.39. The quantitative estimate of drug-likeness (QED) is 0.881. The van der Waals surface area contributed by atoms with Crippen LogP contribution in [0.4, 0.5) is 0 Å². The molecule has 1 atom stereocenters. The molecule has 1 amide bonds. The monoisotopic (exact) mass is 338 g/mol. The summed E-state index contributed by atoms with van der Waals surface area (Å²) in [5.41, 5.74) is 3.48. The molecule has 1 saturated heterocycles. The number of carbonyl (C=O) groups excluding carboxylic acids is 1. The minimum Gasteiger partial charge on any atom is -0.348 e. The van der Waals surface area contributed by atoms with Gasteiger partial charge >= 0.3 is 0 Å². The number of benzene rings is 1. The van der Waals surface area contributed by atoms with E-state index in [1.54, 1.807) is 0 Å². The molecule has 2 heterocycles. The van der Waals surface area contributed by atoms with E-state index < -0.39 is 0 Å². The number of aryl methyl sites for hydroxylation is 2. The highest BCUT2D eigenvalue weighted by Crippen LogP contribution is 2.40. The van der Waals surface area contributed by atoms with Gasteiger partial charge in [-0.3, -0.25) is 14.4 Å². The highest BCUT2D eigenvalue weighted by molar-refractivity contribution is 5.78. The molecule has 2 aliphatic rings. The second-order valence-corrected chi connectivity index (χ2v) is 7.51. The van der Waals surface area contributed by atoms with E-state index in [4.69, 9.17) is 0 Å². The Kier molecular flexibility index (Phi) is 4.34. The van der Waals surface area contributed by atoms with Gasteiger partial charge in [0.25, 0.3) is 0 Å². The molecule has 1 aliphatic carbocycles. The van der Waals surface area contributed by atoms with Crippen LogP contribution in [0.15, 0.2) is 36.4 Å². The van der Waals surface area contributed by atoms with E-state index in [-0.39, 0.29) is 11.9 Å². The Bertz CT molecular complexity index is 744. The molecule has 25 heavy (non-hydrogen) atoms. The van der Waals surface area contributed by atoms with Crippen molar-refractivity contribution in [2.75, 3.05) is 19.6 Å². The van der Waals surface area contributed by atoms with Crippen LogP contribution < -0.4 is 5.32 Å². The Balaban J connectivity index is 1.30. The fourth-order valence-corrected chi connectivity index (χ4v) is 3.83. The van der Waals surface area contributed by atoms with Gasteiger partial charge in [0.2, 0.25) is 5.91 Å². The molecule has 5 nitrogen and oxygen atoms in total. The van der Waals surface area contributed by atoms with Gasteiger partial charge in [0.05, 0.1) is 24.3 Å². The average molecular weight is 338 g/mol. The first kappa shape index (κ1) is 16.3. The van der Waals surface area contributed by atoms with E-state index in [2.05, 4.69) is 45.1 Å². The van der Waals surface area contributed by atoms with Crippen LogP contribution in [0.2, 0.25) is 0 Å². The molecule has 0 bridgehead atoms. The van der Waals surface area contributed by atoms with Crippen molar-refractivity contribution in [2.24, 2.45) is 5.92 Å². The zero-order valence-electron chi connectivity index (χ0n) is 15.0. The van der Waals surface area contributed by atoms with Crippen LogP contribution >= 0.6 is 0 Å². The molecule has 1 aromatic carbocycles. The molecule has 4 rings (SSSR count). The smallest absolute Gasteiger partial charge is 0.234 e. The van der Waals surface area contributed by atoms with Crippen LogP contribution in [-0.4, -0.2) is 40.2 Å². The van der Waals surface area contributed by atoms with Crippen molar-refractivity contribution in [1.82, 2.24) is 20.0 Å². The topological polar surface area (TPSA) is 50.2 Å². The minimum atomic E-state index is 0.132. The van der Waals surface area contributed by atoms with Gasteiger partial charge in [-0.2, -0.15) is 5.10 Å². The van der Waals surface area contributed by atoms with Gasteiger partial charge in [-0.15, -0.1) is 0 Å². The maximum Gasteiger partial charge on any atom is 0.234 e. The van der Waals surface area contributed by atoms with Crippen molar-refractivity contribution in [3.63, 3.8) is 0 Å². The zero-order chi connectivity index (χ0) is 17.4.